The predicted molar refractivity (Wildman–Crippen MR) is 170 cm³/mol. The summed E-state index contributed by atoms with van der Waals surface area (Å²) in [5.74, 6) is -0.0891. The molecule has 0 bridgehead atoms. The van der Waals surface area contributed by atoms with Crippen LogP contribution in [0.25, 0.3) is 6.08 Å². The van der Waals surface area contributed by atoms with Gasteiger partial charge in [0.25, 0.3) is 11.2 Å². The van der Waals surface area contributed by atoms with Gasteiger partial charge in [-0.15, -0.1) is 0 Å². The first-order valence-corrected chi connectivity index (χ1v) is 16.0. The fraction of sp³-hybridized carbons (Fsp3) is 0.233. The van der Waals surface area contributed by atoms with Crippen molar-refractivity contribution in [2.24, 2.45) is 4.99 Å². The normalized spacial score (nSPS) is 14.6. The smallest absolute Gasteiger partial charge is 0.338 e. The zero-order chi connectivity index (χ0) is 31.4. The van der Waals surface area contributed by atoms with Crippen LogP contribution in [-0.4, -0.2) is 39.1 Å². The van der Waals surface area contributed by atoms with Crippen LogP contribution in [0.15, 0.2) is 90.4 Å². The van der Waals surface area contributed by atoms with E-state index < -0.39 is 22.5 Å². The van der Waals surface area contributed by atoms with E-state index in [4.69, 9.17) is 14.5 Å². The van der Waals surface area contributed by atoms with Crippen molar-refractivity contribution in [1.29, 1.82) is 0 Å². The summed E-state index contributed by atoms with van der Waals surface area (Å²) < 4.78 is 13.6. The molecule has 0 amide bonds. The molecule has 1 aliphatic rings. The highest BCUT2D eigenvalue weighted by atomic mass is 79.9. The molecule has 44 heavy (non-hydrogen) atoms. The van der Waals surface area contributed by atoms with Crippen LogP contribution >= 0.6 is 39.0 Å². The fourth-order valence-corrected chi connectivity index (χ4v) is 6.95. The highest BCUT2D eigenvalue weighted by molar-refractivity contribution is 9.10. The Kier molecular flexibility index (Phi) is 9.71. The van der Waals surface area contributed by atoms with E-state index in [9.17, 15) is 19.7 Å². The maximum absolute atomic E-state index is 14.3. The van der Waals surface area contributed by atoms with Gasteiger partial charge in [-0.3, -0.25) is 19.5 Å². The number of allylic oxidation sites excluding steroid dienone is 1. The molecule has 0 saturated heterocycles. The molecule has 2 aromatic heterocycles. The SMILES string of the molecule is CCCC1=C(C(=O)OCC)[C@@H](c2cc(Br)ccc2OC)n2c(s/c(=C\c3cc([N+](=O)[O-])ccc3Sc3ncccn3)c2=O)=N1. The molecule has 14 heteroatoms. The quantitative estimate of drug-likeness (QED) is 0.0948. The van der Waals surface area contributed by atoms with Crippen molar-refractivity contribution in [1.82, 2.24) is 14.5 Å². The topological polar surface area (TPSA) is 139 Å². The number of thiazole rings is 1. The number of methoxy groups -OCH3 is 1. The number of aromatic nitrogens is 3. The van der Waals surface area contributed by atoms with Gasteiger partial charge in [0.05, 0.1) is 34.4 Å². The van der Waals surface area contributed by atoms with E-state index in [1.165, 1.54) is 35.6 Å². The minimum Gasteiger partial charge on any atom is -0.496 e. The van der Waals surface area contributed by atoms with Gasteiger partial charge in [0.2, 0.25) is 0 Å². The van der Waals surface area contributed by atoms with Gasteiger partial charge in [-0.25, -0.2) is 19.8 Å². The molecule has 0 unspecified atom stereocenters. The Morgan fingerprint density at radius 1 is 1.20 bits per heavy atom. The Hall–Kier alpha value is -4.14. The molecule has 0 spiro atoms. The van der Waals surface area contributed by atoms with E-state index in [1.54, 1.807) is 43.6 Å². The second kappa shape index (κ2) is 13.7. The lowest BCUT2D eigenvalue weighted by Gasteiger charge is -2.27. The molecule has 0 N–H and O–H groups in total. The molecule has 4 aromatic rings. The highest BCUT2D eigenvalue weighted by Gasteiger charge is 2.36. The maximum atomic E-state index is 14.3. The molecule has 0 aliphatic carbocycles. The average molecular weight is 697 g/mol. The van der Waals surface area contributed by atoms with Gasteiger partial charge in [-0.05, 0) is 67.1 Å². The third-order valence-electron chi connectivity index (χ3n) is 6.61. The van der Waals surface area contributed by atoms with E-state index in [1.807, 2.05) is 19.1 Å². The number of fused-ring (bicyclic) bond motifs is 1. The van der Waals surface area contributed by atoms with Gasteiger partial charge in [-0.1, -0.05) is 40.6 Å². The van der Waals surface area contributed by atoms with Crippen LogP contribution in [0.4, 0.5) is 5.69 Å². The number of halogens is 1. The first-order valence-electron chi connectivity index (χ1n) is 13.5. The molecular weight excluding hydrogens is 670 g/mol. The molecule has 2 aromatic carbocycles. The summed E-state index contributed by atoms with van der Waals surface area (Å²) in [6.45, 7) is 3.84. The Balaban J connectivity index is 1.78. The Bertz CT molecular complexity index is 1960. The van der Waals surface area contributed by atoms with Crippen LogP contribution in [0.2, 0.25) is 0 Å². The first kappa shape index (κ1) is 31.3. The lowest BCUT2D eigenvalue weighted by atomic mass is 9.93. The zero-order valence-electron chi connectivity index (χ0n) is 23.9. The van der Waals surface area contributed by atoms with Crippen molar-refractivity contribution in [3.63, 3.8) is 0 Å². The third-order valence-corrected chi connectivity index (χ3v) is 9.07. The minimum atomic E-state index is -0.891. The molecular formula is C30H26BrN5O6S2. The van der Waals surface area contributed by atoms with Gasteiger partial charge in [0.15, 0.2) is 9.96 Å². The number of benzene rings is 2. The van der Waals surface area contributed by atoms with Crippen LogP contribution < -0.4 is 19.6 Å². The van der Waals surface area contributed by atoms with E-state index >= 15 is 0 Å². The van der Waals surface area contributed by atoms with Gasteiger partial charge in [-0.2, -0.15) is 0 Å². The number of hydrogen-bond donors (Lipinski definition) is 0. The van der Waals surface area contributed by atoms with Crippen molar-refractivity contribution >= 4 is 56.8 Å². The number of non-ortho nitro benzene ring substituents is 1. The number of nitrogens with zero attached hydrogens (tertiary/aromatic N) is 5. The van der Waals surface area contributed by atoms with Crippen LogP contribution in [0.5, 0.6) is 5.75 Å². The van der Waals surface area contributed by atoms with Gasteiger partial charge >= 0.3 is 5.97 Å². The lowest BCUT2D eigenvalue weighted by molar-refractivity contribution is -0.384. The molecule has 0 fully saturated rings. The van der Waals surface area contributed by atoms with Crippen LogP contribution in [-0.2, 0) is 9.53 Å². The first-order chi connectivity index (χ1) is 21.2. The number of carbonyl (C=O) groups excluding carboxylic acids is 1. The number of esters is 1. The summed E-state index contributed by atoms with van der Waals surface area (Å²) >= 11 is 5.88. The molecule has 5 rings (SSSR count). The third kappa shape index (κ3) is 6.37. The van der Waals surface area contributed by atoms with Gasteiger partial charge in [0.1, 0.15) is 11.8 Å². The standard InChI is InChI=1S/C30H26BrN5O6S2/c1-4-7-21-25(28(38)42-5-2)26(20-16-18(31)8-10-22(20)41-3)35-27(37)24(44-30(35)34-21)15-17-14-19(36(39)40)9-11-23(17)43-29-32-12-6-13-33-29/h6,8-16,26H,4-5,7H2,1-3H3/b24-15-/t26-/m1/s1. The van der Waals surface area contributed by atoms with E-state index in [0.29, 0.717) is 50.3 Å². The predicted octanol–water partition coefficient (Wildman–Crippen LogP) is 5.20. The van der Waals surface area contributed by atoms with Crippen molar-refractivity contribution in [2.75, 3.05) is 13.7 Å². The molecule has 1 aliphatic heterocycles. The van der Waals surface area contributed by atoms with Gasteiger partial charge < -0.3 is 9.47 Å². The Morgan fingerprint density at radius 3 is 2.66 bits per heavy atom. The molecule has 1 atom stereocenters. The van der Waals surface area contributed by atoms with E-state index in [2.05, 4.69) is 25.9 Å². The van der Waals surface area contributed by atoms with Crippen molar-refractivity contribution in [3.05, 3.63) is 112 Å². The van der Waals surface area contributed by atoms with Crippen molar-refractivity contribution in [3.8, 4) is 5.75 Å². The zero-order valence-corrected chi connectivity index (χ0v) is 27.1. The molecule has 11 nitrogen and oxygen atoms in total. The maximum Gasteiger partial charge on any atom is 0.338 e. The molecule has 0 radical (unpaired) electrons. The number of nitro benzene ring substituents is 1. The number of carbonyl (C=O) groups is 1. The van der Waals surface area contributed by atoms with E-state index in [-0.39, 0.29) is 22.4 Å². The summed E-state index contributed by atoms with van der Waals surface area (Å²) in [5.41, 5.74) is 1.26. The second-order valence-electron chi connectivity index (χ2n) is 9.41. The Labute approximate surface area is 268 Å². The summed E-state index contributed by atoms with van der Waals surface area (Å²) in [4.78, 5) is 53.2. The fourth-order valence-electron chi connectivity index (χ4n) is 4.77. The minimum absolute atomic E-state index is 0.131. The molecule has 3 heterocycles. The molecule has 0 saturated carbocycles. The van der Waals surface area contributed by atoms with Crippen molar-refractivity contribution in [2.45, 2.75) is 42.8 Å². The summed E-state index contributed by atoms with van der Waals surface area (Å²) in [7, 11) is 1.52. The van der Waals surface area contributed by atoms with Crippen LogP contribution in [0, 0.1) is 10.1 Å². The summed E-state index contributed by atoms with van der Waals surface area (Å²) in [6.07, 6.45) is 5.99. The van der Waals surface area contributed by atoms with Crippen LogP contribution in [0.3, 0.4) is 0 Å². The lowest BCUT2D eigenvalue weighted by Crippen LogP contribution is -2.40. The van der Waals surface area contributed by atoms with Crippen molar-refractivity contribution < 1.29 is 19.2 Å². The molecule has 226 valence electrons. The highest BCUT2D eigenvalue weighted by Crippen LogP contribution is 2.38. The number of hydrogen-bond acceptors (Lipinski definition) is 11. The van der Waals surface area contributed by atoms with E-state index in [0.717, 1.165) is 15.8 Å². The van der Waals surface area contributed by atoms with Crippen LogP contribution in [0.1, 0.15) is 43.9 Å². The largest absolute Gasteiger partial charge is 0.496 e. The summed E-state index contributed by atoms with van der Waals surface area (Å²) in [6, 6.07) is 10.6. The number of ether oxygens (including phenoxy) is 2. The number of rotatable bonds is 10. The second-order valence-corrected chi connectivity index (χ2v) is 12.3. The average Bonchev–Trinajstić information content (AvgIpc) is 3.32. The van der Waals surface area contributed by atoms with Gasteiger partial charge in [0, 0.05) is 39.5 Å². The Morgan fingerprint density at radius 2 is 1.98 bits per heavy atom. The monoisotopic (exact) mass is 695 g/mol. The number of nitro groups is 1. The summed E-state index contributed by atoms with van der Waals surface area (Å²) in [5, 5.41) is 12.1.